The van der Waals surface area contributed by atoms with Gasteiger partial charge in [-0.25, -0.2) is 0 Å². The molecule has 0 heterocycles. The fourth-order valence-corrected chi connectivity index (χ4v) is 2.65. The van der Waals surface area contributed by atoms with Crippen molar-refractivity contribution in [1.29, 1.82) is 0 Å². The molecule has 1 atom stereocenters. The monoisotopic (exact) mass is 338 g/mol. The van der Waals surface area contributed by atoms with Gasteiger partial charge in [0.2, 0.25) is 0 Å². The second kappa shape index (κ2) is 7.83. The third-order valence-corrected chi connectivity index (χ3v) is 4.24. The van der Waals surface area contributed by atoms with Crippen LogP contribution in [0, 0.1) is 5.92 Å². The Labute approximate surface area is 147 Å². The normalized spacial score (nSPS) is 14.4. The van der Waals surface area contributed by atoms with Gasteiger partial charge in [-0.05, 0) is 49.9 Å². The maximum absolute atomic E-state index is 12.5. The lowest BCUT2D eigenvalue weighted by molar-refractivity contribution is -0.123. The molecule has 2 N–H and O–H groups in total. The van der Waals surface area contributed by atoms with Crippen LogP contribution in [0.15, 0.2) is 54.6 Å². The molecule has 0 saturated heterocycles. The predicted molar refractivity (Wildman–Crippen MR) is 96.7 cm³/mol. The molecule has 25 heavy (non-hydrogen) atoms. The molecule has 0 aliphatic heterocycles. The summed E-state index contributed by atoms with van der Waals surface area (Å²) in [5.41, 5.74) is 1.10. The number of benzene rings is 2. The lowest BCUT2D eigenvalue weighted by Crippen LogP contribution is -2.37. The Balaban J connectivity index is 1.60. The molecule has 1 aliphatic carbocycles. The van der Waals surface area contributed by atoms with Crippen molar-refractivity contribution in [2.75, 3.05) is 11.9 Å². The highest BCUT2D eigenvalue weighted by atomic mass is 16.5. The number of ether oxygens (including phenoxy) is 1. The zero-order valence-corrected chi connectivity index (χ0v) is 14.2. The lowest BCUT2D eigenvalue weighted by atomic mass is 10.2. The minimum Gasteiger partial charge on any atom is -0.483 e. The van der Waals surface area contributed by atoms with Crippen LogP contribution in [0.2, 0.25) is 0 Å². The van der Waals surface area contributed by atoms with Crippen LogP contribution in [-0.2, 0) is 4.79 Å². The highest BCUT2D eigenvalue weighted by molar-refractivity contribution is 6.06. The van der Waals surface area contributed by atoms with Gasteiger partial charge in [-0.15, -0.1) is 0 Å². The Morgan fingerprint density at radius 1 is 1.08 bits per heavy atom. The average Bonchev–Trinajstić information content (AvgIpc) is 3.46. The fraction of sp³-hybridized carbons (Fsp3) is 0.300. The zero-order chi connectivity index (χ0) is 17.6. The second-order valence-electron chi connectivity index (χ2n) is 6.30. The van der Waals surface area contributed by atoms with Gasteiger partial charge in [0.15, 0.2) is 6.61 Å². The number of para-hydroxylation sites is 2. The van der Waals surface area contributed by atoms with Crippen LogP contribution in [0.25, 0.3) is 0 Å². The largest absolute Gasteiger partial charge is 0.483 e. The van der Waals surface area contributed by atoms with Gasteiger partial charge in [0.1, 0.15) is 5.75 Å². The second-order valence-corrected chi connectivity index (χ2v) is 6.30. The van der Waals surface area contributed by atoms with Crippen molar-refractivity contribution < 1.29 is 14.3 Å². The van der Waals surface area contributed by atoms with Crippen LogP contribution in [0.1, 0.15) is 30.1 Å². The molecule has 1 saturated carbocycles. The van der Waals surface area contributed by atoms with Crippen LogP contribution in [0.5, 0.6) is 5.75 Å². The van der Waals surface area contributed by atoms with Crippen molar-refractivity contribution in [1.82, 2.24) is 5.32 Å². The van der Waals surface area contributed by atoms with E-state index in [1.54, 1.807) is 24.3 Å². The zero-order valence-electron chi connectivity index (χ0n) is 14.2. The standard InChI is InChI=1S/C20H22N2O3/c1-14(15-11-12-15)21-19(23)13-25-18-10-6-5-9-17(18)20(24)22-16-7-3-2-4-8-16/h2-10,14-15H,11-13H2,1H3,(H,21,23)(H,22,24)/t14-/m0/s1. The SMILES string of the molecule is C[C@H](NC(=O)COc1ccccc1C(=O)Nc1ccccc1)C1CC1. The molecule has 130 valence electrons. The van der Waals surface area contributed by atoms with E-state index >= 15 is 0 Å². The summed E-state index contributed by atoms with van der Waals surface area (Å²) >= 11 is 0. The predicted octanol–water partition coefficient (Wildman–Crippen LogP) is 3.23. The number of hydrogen-bond donors (Lipinski definition) is 2. The first-order valence-electron chi connectivity index (χ1n) is 8.51. The van der Waals surface area contributed by atoms with Gasteiger partial charge in [0.05, 0.1) is 5.56 Å². The van der Waals surface area contributed by atoms with Gasteiger partial charge in [-0.3, -0.25) is 9.59 Å². The molecule has 2 aromatic rings. The van der Waals surface area contributed by atoms with Crippen molar-refractivity contribution >= 4 is 17.5 Å². The van der Waals surface area contributed by atoms with Crippen molar-refractivity contribution in [2.24, 2.45) is 5.92 Å². The van der Waals surface area contributed by atoms with Gasteiger partial charge in [0, 0.05) is 11.7 Å². The van der Waals surface area contributed by atoms with E-state index in [1.165, 1.54) is 12.8 Å². The number of amides is 2. The number of anilines is 1. The molecule has 3 rings (SSSR count). The van der Waals surface area contributed by atoms with E-state index in [-0.39, 0.29) is 24.5 Å². The van der Waals surface area contributed by atoms with Gasteiger partial charge in [0.25, 0.3) is 11.8 Å². The third-order valence-electron chi connectivity index (χ3n) is 4.24. The number of carbonyl (C=O) groups is 2. The van der Waals surface area contributed by atoms with Gasteiger partial charge in [-0.1, -0.05) is 30.3 Å². The lowest BCUT2D eigenvalue weighted by Gasteiger charge is -2.14. The molecular weight excluding hydrogens is 316 g/mol. The van der Waals surface area contributed by atoms with Gasteiger partial charge in [-0.2, -0.15) is 0 Å². The Morgan fingerprint density at radius 2 is 1.76 bits per heavy atom. The summed E-state index contributed by atoms with van der Waals surface area (Å²) < 4.78 is 5.59. The van der Waals surface area contributed by atoms with Crippen LogP contribution in [0.4, 0.5) is 5.69 Å². The molecule has 5 heteroatoms. The molecule has 1 aliphatic rings. The Hall–Kier alpha value is -2.82. The minimum atomic E-state index is -0.270. The van der Waals surface area contributed by atoms with Crippen LogP contribution < -0.4 is 15.4 Å². The van der Waals surface area contributed by atoms with Crippen LogP contribution >= 0.6 is 0 Å². The fourth-order valence-electron chi connectivity index (χ4n) is 2.65. The highest BCUT2D eigenvalue weighted by Gasteiger charge is 2.28. The summed E-state index contributed by atoms with van der Waals surface area (Å²) in [5.74, 6) is 0.546. The third kappa shape index (κ3) is 4.83. The summed E-state index contributed by atoms with van der Waals surface area (Å²) in [6.45, 7) is 1.91. The van der Waals surface area contributed by atoms with E-state index in [9.17, 15) is 9.59 Å². The van der Waals surface area contributed by atoms with Crippen molar-refractivity contribution in [3.8, 4) is 5.75 Å². The van der Waals surface area contributed by atoms with E-state index in [1.807, 2.05) is 37.3 Å². The number of carbonyl (C=O) groups excluding carboxylic acids is 2. The Bertz CT molecular complexity index is 742. The van der Waals surface area contributed by atoms with Crippen molar-refractivity contribution in [2.45, 2.75) is 25.8 Å². The summed E-state index contributed by atoms with van der Waals surface area (Å²) in [5, 5.41) is 5.76. The maximum atomic E-state index is 12.5. The van der Waals surface area contributed by atoms with Crippen molar-refractivity contribution in [3.63, 3.8) is 0 Å². The first kappa shape index (κ1) is 17.0. The average molecular weight is 338 g/mol. The molecule has 1 fully saturated rings. The van der Waals surface area contributed by atoms with Gasteiger partial charge >= 0.3 is 0 Å². The minimum absolute atomic E-state index is 0.104. The Morgan fingerprint density at radius 3 is 2.48 bits per heavy atom. The van der Waals surface area contributed by atoms with E-state index in [4.69, 9.17) is 4.74 Å². The van der Waals surface area contributed by atoms with E-state index < -0.39 is 0 Å². The van der Waals surface area contributed by atoms with E-state index in [0.717, 1.165) is 0 Å². The molecule has 0 radical (unpaired) electrons. The van der Waals surface area contributed by atoms with Gasteiger partial charge < -0.3 is 15.4 Å². The van der Waals surface area contributed by atoms with Crippen LogP contribution in [0.3, 0.4) is 0 Å². The smallest absolute Gasteiger partial charge is 0.259 e. The summed E-state index contributed by atoms with van der Waals surface area (Å²) in [4.78, 5) is 24.5. The molecular formula is C20H22N2O3. The van der Waals surface area contributed by atoms with Crippen molar-refractivity contribution in [3.05, 3.63) is 60.2 Å². The maximum Gasteiger partial charge on any atom is 0.259 e. The quantitative estimate of drug-likeness (QED) is 0.814. The molecule has 0 aromatic heterocycles. The van der Waals surface area contributed by atoms with E-state index in [0.29, 0.717) is 22.9 Å². The first-order valence-corrected chi connectivity index (χ1v) is 8.51. The molecule has 0 unspecified atom stereocenters. The molecule has 2 aromatic carbocycles. The summed E-state index contributed by atoms with van der Waals surface area (Å²) in [7, 11) is 0. The molecule has 0 spiro atoms. The topological polar surface area (TPSA) is 67.4 Å². The number of nitrogens with one attached hydrogen (secondary N) is 2. The highest BCUT2D eigenvalue weighted by Crippen LogP contribution is 2.32. The summed E-state index contributed by atoms with van der Waals surface area (Å²) in [6.07, 6.45) is 2.34. The number of hydrogen-bond acceptors (Lipinski definition) is 3. The first-order chi connectivity index (χ1) is 12.1. The summed E-state index contributed by atoms with van der Waals surface area (Å²) in [6, 6.07) is 16.3. The molecule has 5 nitrogen and oxygen atoms in total. The molecule has 2 amide bonds. The van der Waals surface area contributed by atoms with Crippen LogP contribution in [-0.4, -0.2) is 24.5 Å². The van der Waals surface area contributed by atoms with E-state index in [2.05, 4.69) is 10.6 Å². The molecule has 0 bridgehead atoms. The Kier molecular flexibility index (Phi) is 5.33. The number of rotatable bonds is 7.